The number of carbonyl (C=O) groups is 1. The van der Waals surface area contributed by atoms with Crippen molar-refractivity contribution in [2.45, 2.75) is 25.8 Å². The number of carbonyl (C=O) groups excluding carboxylic acids is 1. The molecule has 2 N–H and O–H groups in total. The molecule has 3 rings (SSSR count). The lowest BCUT2D eigenvalue weighted by atomic mass is 10.1. The molecule has 0 bridgehead atoms. The maximum atomic E-state index is 11.1. The molecule has 2 saturated heterocycles. The van der Waals surface area contributed by atoms with Crippen LogP contribution in [0, 0.1) is 0 Å². The number of morpholine rings is 1. The molecule has 1 amide bonds. The molecule has 2 aliphatic rings. The van der Waals surface area contributed by atoms with Crippen LogP contribution < -0.4 is 10.6 Å². The van der Waals surface area contributed by atoms with Gasteiger partial charge in [0.05, 0.1) is 13.2 Å². The Labute approximate surface area is 161 Å². The van der Waals surface area contributed by atoms with Crippen LogP contribution >= 0.6 is 0 Å². The minimum absolute atomic E-state index is 0.0470. The third kappa shape index (κ3) is 5.68. The van der Waals surface area contributed by atoms with Crippen LogP contribution in [0.2, 0.25) is 0 Å². The topological polar surface area (TPSA) is 69.2 Å². The van der Waals surface area contributed by atoms with Crippen molar-refractivity contribution in [1.82, 2.24) is 15.1 Å². The fourth-order valence-electron chi connectivity index (χ4n) is 3.78. The van der Waals surface area contributed by atoms with Crippen LogP contribution in [-0.2, 0) is 16.0 Å². The van der Waals surface area contributed by atoms with Gasteiger partial charge in [-0.1, -0.05) is 12.1 Å². The van der Waals surface area contributed by atoms with E-state index in [2.05, 4.69) is 37.6 Å². The van der Waals surface area contributed by atoms with Gasteiger partial charge in [0.2, 0.25) is 5.91 Å². The molecule has 2 heterocycles. The van der Waals surface area contributed by atoms with Crippen molar-refractivity contribution in [3.05, 3.63) is 29.8 Å². The van der Waals surface area contributed by atoms with Gasteiger partial charge in [-0.2, -0.15) is 0 Å². The van der Waals surface area contributed by atoms with Gasteiger partial charge in [0.15, 0.2) is 5.96 Å². The molecule has 2 aliphatic heterocycles. The van der Waals surface area contributed by atoms with E-state index >= 15 is 0 Å². The van der Waals surface area contributed by atoms with Crippen LogP contribution in [0.3, 0.4) is 0 Å². The molecule has 0 aliphatic carbocycles. The molecule has 7 nitrogen and oxygen atoms in total. The van der Waals surface area contributed by atoms with Gasteiger partial charge in [0.1, 0.15) is 0 Å². The quantitative estimate of drug-likeness (QED) is 0.599. The van der Waals surface area contributed by atoms with Crippen LogP contribution in [0.15, 0.2) is 29.3 Å². The Morgan fingerprint density at radius 2 is 1.96 bits per heavy atom. The molecule has 2 fully saturated rings. The summed E-state index contributed by atoms with van der Waals surface area (Å²) in [6.45, 7) is 8.22. The van der Waals surface area contributed by atoms with E-state index in [1.54, 1.807) is 0 Å². The van der Waals surface area contributed by atoms with E-state index in [1.807, 2.05) is 19.2 Å². The lowest BCUT2D eigenvalue weighted by molar-refractivity contribution is -0.114. The zero-order valence-electron chi connectivity index (χ0n) is 16.4. The number of nitrogens with zero attached hydrogens (tertiary/aromatic N) is 3. The van der Waals surface area contributed by atoms with E-state index in [-0.39, 0.29) is 5.91 Å². The molecule has 7 heteroatoms. The van der Waals surface area contributed by atoms with Gasteiger partial charge < -0.3 is 20.3 Å². The second kappa shape index (κ2) is 9.71. The zero-order chi connectivity index (χ0) is 19.1. The van der Waals surface area contributed by atoms with Crippen molar-refractivity contribution in [3.63, 3.8) is 0 Å². The first kappa shape index (κ1) is 19.6. The first-order chi connectivity index (χ1) is 13.2. The van der Waals surface area contributed by atoms with Crippen LogP contribution in [0.1, 0.15) is 18.9 Å². The lowest BCUT2D eigenvalue weighted by Gasteiger charge is -2.32. The number of aliphatic imine (C=N–C) groups is 1. The van der Waals surface area contributed by atoms with Crippen LogP contribution in [0.5, 0.6) is 0 Å². The van der Waals surface area contributed by atoms with Crippen LogP contribution in [0.4, 0.5) is 5.69 Å². The molecule has 27 heavy (non-hydrogen) atoms. The summed E-state index contributed by atoms with van der Waals surface area (Å²) in [6, 6.07) is 8.60. The maximum absolute atomic E-state index is 11.1. The summed E-state index contributed by atoms with van der Waals surface area (Å²) in [6.07, 6.45) is 2.10. The fraction of sp³-hybridized carbons (Fsp3) is 0.600. The molecule has 1 atom stereocenters. The van der Waals surface area contributed by atoms with Gasteiger partial charge >= 0.3 is 0 Å². The van der Waals surface area contributed by atoms with Gasteiger partial charge in [-0.15, -0.1) is 0 Å². The molecule has 1 aromatic rings. The number of rotatable bonds is 5. The summed E-state index contributed by atoms with van der Waals surface area (Å²) in [5.41, 5.74) is 2.07. The second-order valence-corrected chi connectivity index (χ2v) is 7.14. The molecule has 1 unspecified atom stereocenters. The molecular weight excluding hydrogens is 342 g/mol. The average Bonchev–Trinajstić information content (AvgIpc) is 3.17. The number of anilines is 1. The number of hydrogen-bond acceptors (Lipinski definition) is 4. The van der Waals surface area contributed by atoms with Crippen molar-refractivity contribution < 1.29 is 9.53 Å². The van der Waals surface area contributed by atoms with E-state index < -0.39 is 0 Å². The van der Waals surface area contributed by atoms with Gasteiger partial charge in [-0.3, -0.25) is 14.7 Å². The van der Waals surface area contributed by atoms with E-state index in [9.17, 15) is 4.79 Å². The van der Waals surface area contributed by atoms with E-state index in [4.69, 9.17) is 4.74 Å². The van der Waals surface area contributed by atoms with Crippen molar-refractivity contribution >= 4 is 17.6 Å². The van der Waals surface area contributed by atoms with Crippen molar-refractivity contribution in [3.8, 4) is 0 Å². The number of benzene rings is 1. The molecule has 0 spiro atoms. The number of nitrogens with one attached hydrogen (secondary N) is 2. The highest BCUT2D eigenvalue weighted by molar-refractivity contribution is 5.88. The van der Waals surface area contributed by atoms with Crippen molar-refractivity contribution in [1.29, 1.82) is 0 Å². The van der Waals surface area contributed by atoms with Gasteiger partial charge in [-0.25, -0.2) is 0 Å². The van der Waals surface area contributed by atoms with Gasteiger partial charge in [-0.05, 0) is 30.5 Å². The lowest BCUT2D eigenvalue weighted by Crippen LogP contribution is -2.46. The fourth-order valence-corrected chi connectivity index (χ4v) is 3.78. The minimum atomic E-state index is -0.0470. The van der Waals surface area contributed by atoms with E-state index in [0.717, 1.165) is 64.0 Å². The normalized spacial score (nSPS) is 21.3. The number of amides is 1. The Balaban J connectivity index is 1.43. The largest absolute Gasteiger partial charge is 0.379 e. The van der Waals surface area contributed by atoms with E-state index in [0.29, 0.717) is 6.04 Å². The Kier molecular flexibility index (Phi) is 7.06. The summed E-state index contributed by atoms with van der Waals surface area (Å²) >= 11 is 0. The molecular formula is C20H31N5O2. The second-order valence-electron chi connectivity index (χ2n) is 7.14. The monoisotopic (exact) mass is 373 g/mol. The molecule has 148 valence electrons. The van der Waals surface area contributed by atoms with E-state index in [1.165, 1.54) is 18.9 Å². The predicted octanol–water partition coefficient (Wildman–Crippen LogP) is 1.17. The van der Waals surface area contributed by atoms with Crippen molar-refractivity contribution in [2.75, 3.05) is 58.3 Å². The molecule has 0 saturated carbocycles. The predicted molar refractivity (Wildman–Crippen MR) is 108 cm³/mol. The minimum Gasteiger partial charge on any atom is -0.379 e. The van der Waals surface area contributed by atoms with Crippen molar-refractivity contribution in [2.24, 2.45) is 4.99 Å². The number of likely N-dealkylation sites (tertiary alicyclic amines) is 1. The third-order valence-corrected chi connectivity index (χ3v) is 5.21. The molecule has 0 aromatic heterocycles. The summed E-state index contributed by atoms with van der Waals surface area (Å²) in [5.74, 6) is 0.940. The smallest absolute Gasteiger partial charge is 0.221 e. The number of ether oxygens (including phenoxy) is 1. The van der Waals surface area contributed by atoms with Gasteiger partial charge in [0, 0.05) is 58.4 Å². The van der Waals surface area contributed by atoms with Gasteiger partial charge in [0.25, 0.3) is 0 Å². The first-order valence-corrected chi connectivity index (χ1v) is 9.79. The summed E-state index contributed by atoms with van der Waals surface area (Å²) in [5, 5.41) is 6.28. The zero-order valence-corrected chi connectivity index (χ0v) is 16.4. The highest BCUT2D eigenvalue weighted by Crippen LogP contribution is 2.17. The van der Waals surface area contributed by atoms with Crippen LogP contribution in [-0.4, -0.2) is 80.7 Å². The summed E-state index contributed by atoms with van der Waals surface area (Å²) < 4.78 is 5.46. The Bertz CT molecular complexity index is 640. The average molecular weight is 374 g/mol. The third-order valence-electron chi connectivity index (χ3n) is 5.21. The Morgan fingerprint density at radius 3 is 2.63 bits per heavy atom. The SMILES string of the molecule is CN=C(NCCc1ccc(NC(C)=O)cc1)N1CCC(N2CCOCC2)C1. The number of hydrogen-bond donors (Lipinski definition) is 2. The molecule has 0 radical (unpaired) electrons. The Morgan fingerprint density at radius 1 is 1.22 bits per heavy atom. The Hall–Kier alpha value is -2.12. The summed E-state index contributed by atoms with van der Waals surface area (Å²) in [7, 11) is 1.85. The van der Waals surface area contributed by atoms with Crippen LogP contribution in [0.25, 0.3) is 0 Å². The maximum Gasteiger partial charge on any atom is 0.221 e. The summed E-state index contributed by atoms with van der Waals surface area (Å²) in [4.78, 5) is 20.5. The standard InChI is InChI=1S/C20H31N5O2/c1-16(26)23-18-5-3-17(4-6-18)7-9-22-20(21-2)25-10-8-19(15-25)24-11-13-27-14-12-24/h3-6,19H,7-15H2,1-2H3,(H,21,22)(H,23,26). The molecule has 1 aromatic carbocycles. The highest BCUT2D eigenvalue weighted by Gasteiger charge is 2.30. The highest BCUT2D eigenvalue weighted by atomic mass is 16.5. The first-order valence-electron chi connectivity index (χ1n) is 9.79. The number of guanidine groups is 1.